The van der Waals surface area contributed by atoms with E-state index in [1.807, 2.05) is 6.07 Å². The number of carbonyl (C=O) groups is 1. The summed E-state index contributed by atoms with van der Waals surface area (Å²) >= 11 is 0. The van der Waals surface area contributed by atoms with Crippen molar-refractivity contribution in [1.29, 1.82) is 5.26 Å². The molecule has 0 spiro atoms. The first-order valence-electron chi connectivity index (χ1n) is 9.01. The molecule has 0 bridgehead atoms. The third-order valence-electron chi connectivity index (χ3n) is 4.78. The Morgan fingerprint density at radius 2 is 1.80 bits per heavy atom. The molecule has 3 aromatic carbocycles. The number of ether oxygens (including phenoxy) is 3. The number of nitrogens with zero attached hydrogens (tertiary/aromatic N) is 2. The number of primary amides is 1. The van der Waals surface area contributed by atoms with Crippen molar-refractivity contribution < 1.29 is 19.0 Å². The maximum absolute atomic E-state index is 11.7. The zero-order valence-corrected chi connectivity index (χ0v) is 16.3. The highest BCUT2D eigenvalue weighted by atomic mass is 16.5. The van der Waals surface area contributed by atoms with E-state index in [2.05, 4.69) is 11.1 Å². The predicted octanol–water partition coefficient (Wildman–Crippen LogP) is 4.17. The quantitative estimate of drug-likeness (QED) is 0.540. The maximum atomic E-state index is 11.7. The lowest BCUT2D eigenvalue weighted by atomic mass is 10.0. The molecular formula is C23H17N3O4. The van der Waals surface area contributed by atoms with Crippen molar-refractivity contribution in [3.8, 4) is 29.1 Å². The van der Waals surface area contributed by atoms with Gasteiger partial charge in [0.05, 0.1) is 19.7 Å². The molecule has 148 valence electrons. The van der Waals surface area contributed by atoms with Gasteiger partial charge in [-0.05, 0) is 41.1 Å². The summed E-state index contributed by atoms with van der Waals surface area (Å²) in [6.45, 7) is 0. The summed E-state index contributed by atoms with van der Waals surface area (Å²) < 4.78 is 16.8. The first-order chi connectivity index (χ1) is 14.5. The van der Waals surface area contributed by atoms with Crippen molar-refractivity contribution in [3.05, 3.63) is 65.9 Å². The Labute approximate surface area is 172 Å². The fourth-order valence-corrected chi connectivity index (χ4v) is 3.34. The molecule has 0 atom stereocenters. The first kappa shape index (κ1) is 19.0. The molecule has 7 nitrogen and oxygen atoms in total. The van der Waals surface area contributed by atoms with Crippen LogP contribution in [0.1, 0.15) is 15.9 Å². The van der Waals surface area contributed by atoms with Crippen molar-refractivity contribution >= 4 is 27.6 Å². The molecule has 1 heterocycles. The molecule has 0 unspecified atom stereocenters. The van der Waals surface area contributed by atoms with Crippen LogP contribution in [0.3, 0.4) is 0 Å². The second-order valence-corrected chi connectivity index (χ2v) is 6.49. The molecule has 30 heavy (non-hydrogen) atoms. The fraction of sp³-hybridized carbons (Fsp3) is 0.0870. The zero-order valence-electron chi connectivity index (χ0n) is 16.3. The second kappa shape index (κ2) is 7.60. The highest BCUT2D eigenvalue weighted by molar-refractivity contribution is 6.06. The number of fused-ring (bicyclic) bond motifs is 2. The summed E-state index contributed by atoms with van der Waals surface area (Å²) in [4.78, 5) is 16.0. The van der Waals surface area contributed by atoms with Crippen LogP contribution in [0.4, 0.5) is 0 Å². The first-order valence-corrected chi connectivity index (χ1v) is 9.01. The van der Waals surface area contributed by atoms with Crippen LogP contribution >= 0.6 is 0 Å². The number of aromatic nitrogens is 1. The molecule has 0 aliphatic carbocycles. The summed E-state index contributed by atoms with van der Waals surface area (Å²) in [5.74, 6) is 1.38. The highest BCUT2D eigenvalue weighted by Gasteiger charge is 2.16. The predicted molar refractivity (Wildman–Crippen MR) is 112 cm³/mol. The maximum Gasteiger partial charge on any atom is 0.249 e. The number of nitriles is 1. The number of hydrogen-bond donors (Lipinski definition) is 1. The third-order valence-corrected chi connectivity index (χ3v) is 4.78. The lowest BCUT2D eigenvalue weighted by Crippen LogP contribution is -2.11. The number of rotatable bonds is 5. The summed E-state index contributed by atoms with van der Waals surface area (Å²) in [7, 11) is 3.08. The molecule has 0 saturated carbocycles. The van der Waals surface area contributed by atoms with Crippen molar-refractivity contribution in [2.75, 3.05) is 14.2 Å². The van der Waals surface area contributed by atoms with E-state index >= 15 is 0 Å². The van der Waals surface area contributed by atoms with E-state index in [1.165, 1.54) is 13.3 Å². The Kier molecular flexibility index (Phi) is 4.82. The Morgan fingerprint density at radius 3 is 2.50 bits per heavy atom. The van der Waals surface area contributed by atoms with Gasteiger partial charge < -0.3 is 19.9 Å². The lowest BCUT2D eigenvalue weighted by Gasteiger charge is -2.14. The van der Waals surface area contributed by atoms with Crippen LogP contribution in [0, 0.1) is 11.3 Å². The van der Waals surface area contributed by atoms with Gasteiger partial charge in [0, 0.05) is 23.2 Å². The van der Waals surface area contributed by atoms with Crippen molar-refractivity contribution in [3.63, 3.8) is 0 Å². The van der Waals surface area contributed by atoms with Crippen LogP contribution in [0.15, 0.2) is 54.7 Å². The van der Waals surface area contributed by atoms with Crippen molar-refractivity contribution in [2.24, 2.45) is 5.73 Å². The van der Waals surface area contributed by atoms with Gasteiger partial charge in [0.15, 0.2) is 17.2 Å². The molecule has 0 aliphatic rings. The number of nitrogens with two attached hydrogens (primary N) is 1. The second-order valence-electron chi connectivity index (χ2n) is 6.49. The summed E-state index contributed by atoms with van der Waals surface area (Å²) in [6.07, 6.45) is 1.45. The normalized spacial score (nSPS) is 10.6. The van der Waals surface area contributed by atoms with Gasteiger partial charge in [-0.25, -0.2) is 0 Å². The number of carbonyl (C=O) groups excluding carboxylic acids is 1. The zero-order chi connectivity index (χ0) is 21.3. The van der Waals surface area contributed by atoms with E-state index in [1.54, 1.807) is 49.6 Å². The standard InChI is InChI=1S/C23H17N3O4/c1-28-20-9-18-19(10-21(20)29-2)26-12-14(11-24)22(18)30-15-6-7-16-13(8-15)4-3-5-17(16)23(25)27/h3-10,12H,1-2H3,(H2,25,27). The van der Waals surface area contributed by atoms with Crippen LogP contribution in [0.25, 0.3) is 21.7 Å². The molecule has 4 aromatic rings. The molecule has 1 amide bonds. The van der Waals surface area contributed by atoms with Gasteiger partial charge in [-0.3, -0.25) is 9.78 Å². The van der Waals surface area contributed by atoms with Crippen LogP contribution in [-0.4, -0.2) is 25.1 Å². The van der Waals surface area contributed by atoms with Gasteiger partial charge in [0.25, 0.3) is 0 Å². The lowest BCUT2D eigenvalue weighted by molar-refractivity contribution is 0.100. The van der Waals surface area contributed by atoms with Crippen LogP contribution in [-0.2, 0) is 0 Å². The number of hydrogen-bond acceptors (Lipinski definition) is 6. The fourth-order valence-electron chi connectivity index (χ4n) is 3.34. The Bertz CT molecular complexity index is 1340. The minimum absolute atomic E-state index is 0.278. The van der Waals surface area contributed by atoms with E-state index < -0.39 is 5.91 Å². The average Bonchev–Trinajstić information content (AvgIpc) is 2.77. The number of amides is 1. The molecule has 7 heteroatoms. The summed E-state index contributed by atoms with van der Waals surface area (Å²) in [5.41, 5.74) is 6.76. The topological polar surface area (TPSA) is 107 Å². The van der Waals surface area contributed by atoms with Crippen molar-refractivity contribution in [2.45, 2.75) is 0 Å². The van der Waals surface area contributed by atoms with Gasteiger partial charge in [-0.1, -0.05) is 12.1 Å². The van der Waals surface area contributed by atoms with E-state index in [-0.39, 0.29) is 5.56 Å². The van der Waals surface area contributed by atoms with Gasteiger partial charge in [-0.15, -0.1) is 0 Å². The SMILES string of the molecule is COc1cc2ncc(C#N)c(Oc3ccc4c(C(N)=O)cccc4c3)c2cc1OC. The largest absolute Gasteiger partial charge is 0.493 e. The van der Waals surface area contributed by atoms with E-state index in [9.17, 15) is 10.1 Å². The molecule has 0 fully saturated rings. The van der Waals surface area contributed by atoms with Crippen LogP contribution in [0.5, 0.6) is 23.0 Å². The van der Waals surface area contributed by atoms with Gasteiger partial charge in [-0.2, -0.15) is 5.26 Å². The number of methoxy groups -OCH3 is 2. The summed E-state index contributed by atoms with van der Waals surface area (Å²) in [6, 6.07) is 16.1. The molecule has 1 aromatic heterocycles. The van der Waals surface area contributed by atoms with Crippen molar-refractivity contribution in [1.82, 2.24) is 4.98 Å². The Hall–Kier alpha value is -4.31. The minimum atomic E-state index is -0.498. The Morgan fingerprint density at radius 1 is 1.03 bits per heavy atom. The summed E-state index contributed by atoms with van der Waals surface area (Å²) in [5, 5.41) is 11.7. The smallest absolute Gasteiger partial charge is 0.249 e. The molecular weight excluding hydrogens is 382 g/mol. The number of benzene rings is 3. The van der Waals surface area contributed by atoms with Gasteiger partial charge in [0.2, 0.25) is 5.91 Å². The molecule has 0 aliphatic heterocycles. The van der Waals surface area contributed by atoms with Gasteiger partial charge in [0.1, 0.15) is 17.4 Å². The molecule has 2 N–H and O–H groups in total. The Balaban J connectivity index is 1.87. The van der Waals surface area contributed by atoms with Crippen LogP contribution in [0.2, 0.25) is 0 Å². The highest BCUT2D eigenvalue weighted by Crippen LogP contribution is 2.39. The average molecular weight is 399 g/mol. The van der Waals surface area contributed by atoms with E-state index in [0.717, 1.165) is 10.8 Å². The molecule has 0 saturated heterocycles. The minimum Gasteiger partial charge on any atom is -0.493 e. The number of pyridine rings is 1. The molecule has 0 radical (unpaired) electrons. The van der Waals surface area contributed by atoms with Crippen LogP contribution < -0.4 is 19.9 Å². The molecule has 4 rings (SSSR count). The third kappa shape index (κ3) is 3.20. The van der Waals surface area contributed by atoms with Gasteiger partial charge >= 0.3 is 0 Å². The monoisotopic (exact) mass is 399 g/mol. The van der Waals surface area contributed by atoms with E-state index in [4.69, 9.17) is 19.9 Å². The van der Waals surface area contributed by atoms with E-state index in [0.29, 0.717) is 39.5 Å².